The molecule has 1 aliphatic rings. The number of methoxy groups -OCH3 is 1. The Kier molecular flexibility index (Phi) is 4.20. The molecule has 1 aliphatic carbocycles. The lowest BCUT2D eigenvalue weighted by molar-refractivity contribution is -0.115. The molecule has 0 radical (unpaired) electrons. The summed E-state index contributed by atoms with van der Waals surface area (Å²) in [6, 6.07) is 5.74. The van der Waals surface area contributed by atoms with E-state index in [0.717, 1.165) is 23.7 Å². The van der Waals surface area contributed by atoms with Crippen molar-refractivity contribution in [3.63, 3.8) is 0 Å². The summed E-state index contributed by atoms with van der Waals surface area (Å²) in [5.74, 6) is 1.45. The zero-order chi connectivity index (χ0) is 13.0. The minimum atomic E-state index is -0.0282. The van der Waals surface area contributed by atoms with Crippen molar-refractivity contribution >= 4 is 11.6 Å². The van der Waals surface area contributed by atoms with Crippen molar-refractivity contribution in [2.75, 3.05) is 25.5 Å². The summed E-state index contributed by atoms with van der Waals surface area (Å²) in [6.07, 6.45) is 2.58. The normalized spacial score (nSPS) is 14.3. The van der Waals surface area contributed by atoms with Crippen LogP contribution < -0.4 is 15.4 Å². The summed E-state index contributed by atoms with van der Waals surface area (Å²) in [5.41, 5.74) is 1.83. The fraction of sp³-hybridized carbons (Fsp3) is 0.500. The second-order valence-electron chi connectivity index (χ2n) is 4.83. The van der Waals surface area contributed by atoms with Gasteiger partial charge in [-0.25, -0.2) is 0 Å². The minimum Gasteiger partial charge on any atom is -0.495 e. The summed E-state index contributed by atoms with van der Waals surface area (Å²) >= 11 is 0. The fourth-order valence-corrected chi connectivity index (χ4v) is 1.83. The zero-order valence-corrected chi connectivity index (χ0v) is 11.0. The van der Waals surface area contributed by atoms with Crippen molar-refractivity contribution in [1.82, 2.24) is 5.32 Å². The van der Waals surface area contributed by atoms with E-state index in [1.54, 1.807) is 7.11 Å². The van der Waals surface area contributed by atoms with Crippen LogP contribution in [-0.4, -0.2) is 26.1 Å². The first-order valence-electron chi connectivity index (χ1n) is 6.34. The van der Waals surface area contributed by atoms with E-state index < -0.39 is 0 Å². The number of aryl methyl sites for hydroxylation is 1. The molecule has 1 amide bonds. The van der Waals surface area contributed by atoms with Crippen molar-refractivity contribution in [3.8, 4) is 5.75 Å². The highest BCUT2D eigenvalue weighted by molar-refractivity contribution is 5.93. The summed E-state index contributed by atoms with van der Waals surface area (Å²) < 4.78 is 5.22. The van der Waals surface area contributed by atoms with Crippen molar-refractivity contribution in [1.29, 1.82) is 0 Å². The van der Waals surface area contributed by atoms with E-state index in [0.29, 0.717) is 12.3 Å². The van der Waals surface area contributed by atoms with Crippen LogP contribution in [0, 0.1) is 12.8 Å². The molecule has 4 heteroatoms. The summed E-state index contributed by atoms with van der Waals surface area (Å²) in [5, 5.41) is 6.04. The lowest BCUT2D eigenvalue weighted by atomic mass is 10.2. The number of hydrogen-bond donors (Lipinski definition) is 2. The third-order valence-corrected chi connectivity index (χ3v) is 3.04. The Balaban J connectivity index is 1.86. The maximum Gasteiger partial charge on any atom is 0.238 e. The molecule has 0 aliphatic heterocycles. The first-order chi connectivity index (χ1) is 8.69. The molecular weight excluding hydrogens is 228 g/mol. The van der Waals surface area contributed by atoms with Crippen LogP contribution in [0.4, 0.5) is 5.69 Å². The predicted molar refractivity (Wildman–Crippen MR) is 72.0 cm³/mol. The van der Waals surface area contributed by atoms with Crippen molar-refractivity contribution in [2.24, 2.45) is 5.92 Å². The van der Waals surface area contributed by atoms with Crippen LogP contribution in [0.5, 0.6) is 5.75 Å². The molecule has 2 rings (SSSR count). The van der Waals surface area contributed by atoms with Gasteiger partial charge in [-0.3, -0.25) is 4.79 Å². The number of ether oxygens (including phenoxy) is 1. The van der Waals surface area contributed by atoms with Gasteiger partial charge in [-0.2, -0.15) is 0 Å². The molecule has 98 valence electrons. The number of benzene rings is 1. The molecule has 1 fully saturated rings. The number of anilines is 1. The number of rotatable bonds is 6. The zero-order valence-electron chi connectivity index (χ0n) is 11.0. The molecule has 0 spiro atoms. The maximum atomic E-state index is 11.8. The van der Waals surface area contributed by atoms with E-state index in [-0.39, 0.29) is 5.91 Å². The highest BCUT2D eigenvalue weighted by atomic mass is 16.5. The molecule has 1 saturated carbocycles. The molecular formula is C14H20N2O2. The number of nitrogens with one attached hydrogen (secondary N) is 2. The Morgan fingerprint density at radius 1 is 1.44 bits per heavy atom. The quantitative estimate of drug-likeness (QED) is 0.809. The van der Waals surface area contributed by atoms with Crippen LogP contribution in [0.25, 0.3) is 0 Å². The topological polar surface area (TPSA) is 50.4 Å². The number of hydrogen-bond acceptors (Lipinski definition) is 3. The summed E-state index contributed by atoms with van der Waals surface area (Å²) in [7, 11) is 1.60. The Morgan fingerprint density at radius 2 is 2.22 bits per heavy atom. The van der Waals surface area contributed by atoms with Crippen LogP contribution in [0.1, 0.15) is 18.4 Å². The van der Waals surface area contributed by atoms with Gasteiger partial charge in [-0.1, -0.05) is 6.07 Å². The first-order valence-corrected chi connectivity index (χ1v) is 6.34. The molecule has 1 aromatic rings. The molecule has 0 heterocycles. The van der Waals surface area contributed by atoms with E-state index in [4.69, 9.17) is 4.74 Å². The van der Waals surface area contributed by atoms with E-state index in [9.17, 15) is 4.79 Å². The van der Waals surface area contributed by atoms with Crippen LogP contribution in [0.15, 0.2) is 18.2 Å². The van der Waals surface area contributed by atoms with Gasteiger partial charge in [0.2, 0.25) is 5.91 Å². The molecule has 0 saturated heterocycles. The van der Waals surface area contributed by atoms with Crippen molar-refractivity contribution in [3.05, 3.63) is 23.8 Å². The third-order valence-electron chi connectivity index (χ3n) is 3.04. The Hall–Kier alpha value is -1.55. The lowest BCUT2D eigenvalue weighted by Crippen LogP contribution is -2.29. The highest BCUT2D eigenvalue weighted by Crippen LogP contribution is 2.27. The van der Waals surface area contributed by atoms with Gasteiger partial charge in [0.25, 0.3) is 0 Å². The van der Waals surface area contributed by atoms with Crippen molar-refractivity contribution in [2.45, 2.75) is 19.8 Å². The van der Waals surface area contributed by atoms with Gasteiger partial charge in [0.1, 0.15) is 5.75 Å². The van der Waals surface area contributed by atoms with Crippen LogP contribution in [0.2, 0.25) is 0 Å². The molecule has 18 heavy (non-hydrogen) atoms. The second-order valence-corrected chi connectivity index (χ2v) is 4.83. The maximum absolute atomic E-state index is 11.8. The molecule has 1 aromatic carbocycles. The number of carbonyl (C=O) groups is 1. The van der Waals surface area contributed by atoms with Gasteiger partial charge in [0, 0.05) is 0 Å². The Labute approximate surface area is 108 Å². The molecule has 4 nitrogen and oxygen atoms in total. The first kappa shape index (κ1) is 12.9. The van der Waals surface area contributed by atoms with Crippen LogP contribution >= 0.6 is 0 Å². The van der Waals surface area contributed by atoms with Crippen LogP contribution in [0.3, 0.4) is 0 Å². The van der Waals surface area contributed by atoms with Gasteiger partial charge in [0.15, 0.2) is 0 Å². The summed E-state index contributed by atoms with van der Waals surface area (Å²) in [4.78, 5) is 11.8. The Bertz CT molecular complexity index is 428. The summed E-state index contributed by atoms with van der Waals surface area (Å²) in [6.45, 7) is 3.28. The molecule has 0 unspecified atom stereocenters. The average molecular weight is 248 g/mol. The highest BCUT2D eigenvalue weighted by Gasteiger charge is 2.20. The van der Waals surface area contributed by atoms with Crippen LogP contribution in [-0.2, 0) is 4.79 Å². The van der Waals surface area contributed by atoms with Gasteiger partial charge in [-0.15, -0.1) is 0 Å². The molecule has 0 aromatic heterocycles. The SMILES string of the molecule is COc1ccc(C)cc1NC(=O)CNCC1CC1. The molecule has 0 bridgehead atoms. The van der Waals surface area contributed by atoms with Gasteiger partial charge in [0.05, 0.1) is 19.3 Å². The predicted octanol–water partition coefficient (Wildman–Crippen LogP) is 1.94. The minimum absolute atomic E-state index is 0.0282. The van der Waals surface area contributed by atoms with E-state index in [1.165, 1.54) is 12.8 Å². The van der Waals surface area contributed by atoms with Gasteiger partial charge >= 0.3 is 0 Å². The average Bonchev–Trinajstić information content (AvgIpc) is 3.13. The fourth-order valence-electron chi connectivity index (χ4n) is 1.83. The third kappa shape index (κ3) is 3.74. The van der Waals surface area contributed by atoms with Gasteiger partial charge in [-0.05, 0) is 49.9 Å². The van der Waals surface area contributed by atoms with Crippen molar-refractivity contribution < 1.29 is 9.53 Å². The monoisotopic (exact) mass is 248 g/mol. The van der Waals surface area contributed by atoms with E-state index in [2.05, 4.69) is 10.6 Å². The number of amides is 1. The molecule has 0 atom stereocenters. The number of carbonyl (C=O) groups excluding carboxylic acids is 1. The van der Waals surface area contributed by atoms with Gasteiger partial charge < -0.3 is 15.4 Å². The lowest BCUT2D eigenvalue weighted by Gasteiger charge is -2.11. The van der Waals surface area contributed by atoms with E-state index in [1.807, 2.05) is 25.1 Å². The standard InChI is InChI=1S/C14H20N2O2/c1-10-3-6-13(18-2)12(7-10)16-14(17)9-15-8-11-4-5-11/h3,6-7,11,15H,4-5,8-9H2,1-2H3,(H,16,17). The van der Waals surface area contributed by atoms with E-state index >= 15 is 0 Å². The molecule has 2 N–H and O–H groups in total. The Morgan fingerprint density at radius 3 is 2.89 bits per heavy atom. The smallest absolute Gasteiger partial charge is 0.238 e. The largest absolute Gasteiger partial charge is 0.495 e. The second kappa shape index (κ2) is 5.87.